The quantitative estimate of drug-likeness (QED) is 0.454. The first-order chi connectivity index (χ1) is 15.6. The number of rotatable bonds is 7. The Morgan fingerprint density at radius 1 is 0.906 bits per heavy atom. The summed E-state index contributed by atoms with van der Waals surface area (Å²) in [6.45, 7) is 0. The molecular weight excluding hydrogens is 412 g/mol. The lowest BCUT2D eigenvalue weighted by atomic mass is 10.1. The molecule has 0 atom stereocenters. The summed E-state index contributed by atoms with van der Waals surface area (Å²) in [7, 11) is 6.16. The van der Waals surface area contributed by atoms with Crippen molar-refractivity contribution < 1.29 is 23.7 Å². The van der Waals surface area contributed by atoms with Crippen LogP contribution in [-0.4, -0.2) is 49.5 Å². The van der Waals surface area contributed by atoms with Crippen LogP contribution in [0.1, 0.15) is 10.5 Å². The second-order valence-electron chi connectivity index (χ2n) is 6.77. The van der Waals surface area contributed by atoms with Crippen LogP contribution >= 0.6 is 0 Å². The van der Waals surface area contributed by atoms with Gasteiger partial charge in [-0.3, -0.25) is 9.89 Å². The van der Waals surface area contributed by atoms with Crippen molar-refractivity contribution in [3.63, 3.8) is 0 Å². The van der Waals surface area contributed by atoms with Gasteiger partial charge in [0, 0.05) is 17.0 Å². The second-order valence-corrected chi connectivity index (χ2v) is 6.77. The van der Waals surface area contributed by atoms with Crippen molar-refractivity contribution in [1.29, 1.82) is 0 Å². The number of carbonyl (C=O) groups excluding carboxylic acids is 1. The zero-order chi connectivity index (χ0) is 22.7. The third kappa shape index (κ3) is 3.87. The largest absolute Gasteiger partial charge is 0.493 e. The normalized spacial score (nSPS) is 10.6. The zero-order valence-electron chi connectivity index (χ0n) is 18.1. The number of hydrogen-bond acceptors (Lipinski definition) is 7. The molecule has 0 radical (unpaired) electrons. The van der Waals surface area contributed by atoms with Gasteiger partial charge in [-0.15, -0.1) is 0 Å². The first-order valence-corrected chi connectivity index (χ1v) is 9.68. The van der Waals surface area contributed by atoms with Crippen LogP contribution in [0.4, 0.5) is 5.69 Å². The zero-order valence-corrected chi connectivity index (χ0v) is 18.1. The number of aromatic amines is 1. The standard InChI is InChI=1S/C23H22N4O5/c1-29-18-10-14(11-19(30-2)22(18)32-4)16-12-17(27-26-16)23(28)24-15-7-5-6-13-8-9-20(31-3)25-21(13)15/h5-12H,1-4H3,(H,24,28)(H,26,27). The van der Waals surface area contributed by atoms with E-state index >= 15 is 0 Å². The number of amides is 1. The Morgan fingerprint density at radius 3 is 2.31 bits per heavy atom. The fourth-order valence-electron chi connectivity index (χ4n) is 3.35. The minimum atomic E-state index is -0.353. The lowest BCUT2D eigenvalue weighted by molar-refractivity contribution is 0.102. The number of ether oxygens (including phenoxy) is 4. The van der Waals surface area contributed by atoms with Gasteiger partial charge in [0.1, 0.15) is 5.69 Å². The molecule has 2 heterocycles. The molecule has 0 saturated carbocycles. The molecule has 0 aliphatic rings. The van der Waals surface area contributed by atoms with Crippen molar-refractivity contribution in [3.05, 3.63) is 54.2 Å². The highest BCUT2D eigenvalue weighted by molar-refractivity contribution is 6.07. The van der Waals surface area contributed by atoms with Crippen molar-refractivity contribution in [2.45, 2.75) is 0 Å². The summed E-state index contributed by atoms with van der Waals surface area (Å²) in [5, 5.41) is 10.8. The first kappa shape index (κ1) is 21.0. The van der Waals surface area contributed by atoms with Gasteiger partial charge in [0.25, 0.3) is 5.91 Å². The lowest BCUT2D eigenvalue weighted by Crippen LogP contribution is -2.13. The molecule has 0 unspecified atom stereocenters. The van der Waals surface area contributed by atoms with Crippen LogP contribution in [0, 0.1) is 0 Å². The molecular formula is C23H22N4O5. The average molecular weight is 434 g/mol. The van der Waals surface area contributed by atoms with E-state index in [1.165, 1.54) is 21.3 Å². The molecule has 4 rings (SSSR count). The highest BCUT2D eigenvalue weighted by Crippen LogP contribution is 2.40. The number of pyridine rings is 1. The number of hydrogen-bond donors (Lipinski definition) is 2. The maximum absolute atomic E-state index is 12.9. The van der Waals surface area contributed by atoms with Crippen LogP contribution in [0.5, 0.6) is 23.1 Å². The van der Waals surface area contributed by atoms with Gasteiger partial charge in [-0.25, -0.2) is 4.98 Å². The number of aromatic nitrogens is 3. The van der Waals surface area contributed by atoms with Crippen LogP contribution in [0.25, 0.3) is 22.2 Å². The maximum Gasteiger partial charge on any atom is 0.273 e. The number of carbonyl (C=O) groups is 1. The van der Waals surface area contributed by atoms with Crippen LogP contribution in [0.3, 0.4) is 0 Å². The molecule has 0 spiro atoms. The molecule has 164 valence electrons. The Morgan fingerprint density at radius 2 is 1.66 bits per heavy atom. The number of nitrogens with zero attached hydrogens (tertiary/aromatic N) is 2. The van der Waals surface area contributed by atoms with Crippen molar-refractivity contribution in [1.82, 2.24) is 15.2 Å². The summed E-state index contributed by atoms with van der Waals surface area (Å²) >= 11 is 0. The Balaban J connectivity index is 1.64. The number of H-pyrrole nitrogens is 1. The van der Waals surface area contributed by atoms with Gasteiger partial charge in [0.05, 0.1) is 45.3 Å². The number of fused-ring (bicyclic) bond motifs is 1. The molecule has 2 aromatic heterocycles. The Labute approximate surface area is 184 Å². The summed E-state index contributed by atoms with van der Waals surface area (Å²) in [4.78, 5) is 17.3. The summed E-state index contributed by atoms with van der Waals surface area (Å²) in [5.41, 5.74) is 2.73. The molecule has 0 saturated heterocycles. The van der Waals surface area contributed by atoms with Crippen LogP contribution < -0.4 is 24.3 Å². The van der Waals surface area contributed by atoms with E-state index in [1.54, 1.807) is 37.4 Å². The molecule has 0 fully saturated rings. The Bertz CT molecular complexity index is 1260. The molecule has 9 heteroatoms. The predicted molar refractivity (Wildman–Crippen MR) is 120 cm³/mol. The van der Waals surface area contributed by atoms with Crippen molar-refractivity contribution in [2.24, 2.45) is 0 Å². The van der Waals surface area contributed by atoms with E-state index in [1.807, 2.05) is 18.2 Å². The van der Waals surface area contributed by atoms with E-state index in [9.17, 15) is 4.79 Å². The van der Waals surface area contributed by atoms with E-state index in [4.69, 9.17) is 18.9 Å². The number of benzene rings is 2. The Kier molecular flexibility index (Phi) is 5.80. The van der Waals surface area contributed by atoms with Gasteiger partial charge in [0.15, 0.2) is 11.5 Å². The SMILES string of the molecule is COc1ccc2cccc(NC(=O)c3cc(-c4cc(OC)c(OC)c(OC)c4)n[nH]3)c2n1. The Hall–Kier alpha value is -4.27. The summed E-state index contributed by atoms with van der Waals surface area (Å²) in [6.07, 6.45) is 0. The third-order valence-electron chi connectivity index (χ3n) is 4.94. The molecule has 9 nitrogen and oxygen atoms in total. The summed E-state index contributed by atoms with van der Waals surface area (Å²) in [6, 6.07) is 14.4. The molecule has 0 aliphatic heterocycles. The predicted octanol–water partition coefficient (Wildman–Crippen LogP) is 3.91. The van der Waals surface area contributed by atoms with Crippen molar-refractivity contribution in [3.8, 4) is 34.4 Å². The van der Waals surface area contributed by atoms with E-state index < -0.39 is 0 Å². The molecule has 2 aromatic carbocycles. The number of methoxy groups -OCH3 is 4. The van der Waals surface area contributed by atoms with E-state index in [-0.39, 0.29) is 11.6 Å². The topological polar surface area (TPSA) is 108 Å². The van der Waals surface area contributed by atoms with Gasteiger partial charge < -0.3 is 24.3 Å². The van der Waals surface area contributed by atoms with Gasteiger partial charge >= 0.3 is 0 Å². The monoisotopic (exact) mass is 434 g/mol. The maximum atomic E-state index is 12.9. The number of anilines is 1. The van der Waals surface area contributed by atoms with E-state index in [2.05, 4.69) is 20.5 Å². The van der Waals surface area contributed by atoms with Crippen molar-refractivity contribution >= 4 is 22.5 Å². The fraction of sp³-hybridized carbons (Fsp3) is 0.174. The van der Waals surface area contributed by atoms with Crippen LogP contribution in [-0.2, 0) is 0 Å². The molecule has 1 amide bonds. The average Bonchev–Trinajstić information content (AvgIpc) is 3.33. The highest BCUT2D eigenvalue weighted by Gasteiger charge is 2.18. The molecule has 32 heavy (non-hydrogen) atoms. The fourth-order valence-corrected chi connectivity index (χ4v) is 3.35. The minimum absolute atomic E-state index is 0.286. The van der Waals surface area contributed by atoms with Gasteiger partial charge in [-0.05, 0) is 30.3 Å². The van der Waals surface area contributed by atoms with E-state index in [0.717, 1.165) is 5.39 Å². The van der Waals surface area contributed by atoms with Gasteiger partial charge in [-0.1, -0.05) is 12.1 Å². The third-order valence-corrected chi connectivity index (χ3v) is 4.94. The van der Waals surface area contributed by atoms with Gasteiger partial charge in [-0.2, -0.15) is 5.10 Å². The minimum Gasteiger partial charge on any atom is -0.493 e. The summed E-state index contributed by atoms with van der Waals surface area (Å²) < 4.78 is 21.3. The van der Waals surface area contributed by atoms with Gasteiger partial charge in [0.2, 0.25) is 11.6 Å². The van der Waals surface area contributed by atoms with Crippen molar-refractivity contribution in [2.75, 3.05) is 33.8 Å². The first-order valence-electron chi connectivity index (χ1n) is 9.68. The molecule has 0 bridgehead atoms. The molecule has 0 aliphatic carbocycles. The lowest BCUT2D eigenvalue weighted by Gasteiger charge is -2.13. The number of para-hydroxylation sites is 1. The molecule has 4 aromatic rings. The van der Waals surface area contributed by atoms with Crippen LogP contribution in [0.2, 0.25) is 0 Å². The summed E-state index contributed by atoms with van der Waals surface area (Å²) in [5.74, 6) is 1.57. The van der Waals surface area contributed by atoms with E-state index in [0.29, 0.717) is 45.6 Å². The number of nitrogens with one attached hydrogen (secondary N) is 2. The second kappa shape index (κ2) is 8.84. The van der Waals surface area contributed by atoms with Crippen LogP contribution in [0.15, 0.2) is 48.5 Å². The smallest absolute Gasteiger partial charge is 0.273 e. The highest BCUT2D eigenvalue weighted by atomic mass is 16.5. The molecule has 2 N–H and O–H groups in total.